The van der Waals surface area contributed by atoms with Gasteiger partial charge in [0.15, 0.2) is 0 Å². The Bertz CT molecular complexity index is 621. The number of hydrogen-bond acceptors (Lipinski definition) is 2. The summed E-state index contributed by atoms with van der Waals surface area (Å²) in [4.78, 5) is 0. The quantitative estimate of drug-likeness (QED) is 0.356. The van der Waals surface area contributed by atoms with Crippen molar-refractivity contribution >= 4 is 0 Å². The van der Waals surface area contributed by atoms with Gasteiger partial charge in [-0.15, -0.1) is 0 Å². The molecule has 3 unspecified atom stereocenters. The lowest BCUT2D eigenvalue weighted by Gasteiger charge is -2.37. The maximum atomic E-state index is 9.92. The third-order valence-electron chi connectivity index (χ3n) is 7.06. The van der Waals surface area contributed by atoms with Gasteiger partial charge in [-0.1, -0.05) is 86.5 Å². The fourth-order valence-corrected chi connectivity index (χ4v) is 4.81. The molecule has 1 aliphatic rings. The Hall–Kier alpha value is -1.18. The molecule has 3 atom stereocenters. The molecule has 0 amide bonds. The first-order chi connectivity index (χ1) is 14.7. The van der Waals surface area contributed by atoms with Crippen LogP contribution in [0.4, 0.5) is 0 Å². The molecule has 0 radical (unpaired) electrons. The van der Waals surface area contributed by atoms with Crippen LogP contribution < -0.4 is 4.74 Å². The number of benzene rings is 1. The fraction of sp³-hybridized carbons (Fsp3) is 0.793. The minimum atomic E-state index is -0.0545. The maximum absolute atomic E-state index is 9.92. The van der Waals surface area contributed by atoms with E-state index in [0.29, 0.717) is 5.75 Å². The second-order valence-corrected chi connectivity index (χ2v) is 10.6. The molecule has 0 fully saturated rings. The molecule has 0 spiro atoms. The third-order valence-corrected chi connectivity index (χ3v) is 7.06. The normalized spacial score (nSPS) is 19.8. The van der Waals surface area contributed by atoms with Crippen LogP contribution in [0, 0.1) is 24.7 Å². The SMILES string of the molecule is CC.Cc1c(O)ccc2c1CCC(C)(CCCC(C)CCCC(C)CCCC(C)C)O2. The second-order valence-electron chi connectivity index (χ2n) is 10.6. The van der Waals surface area contributed by atoms with Gasteiger partial charge < -0.3 is 9.84 Å². The fourth-order valence-electron chi connectivity index (χ4n) is 4.81. The molecule has 1 aromatic carbocycles. The van der Waals surface area contributed by atoms with Crippen LogP contribution in [0.25, 0.3) is 0 Å². The highest BCUT2D eigenvalue weighted by Gasteiger charge is 2.32. The van der Waals surface area contributed by atoms with E-state index in [4.69, 9.17) is 4.74 Å². The van der Waals surface area contributed by atoms with Crippen molar-refractivity contribution in [3.05, 3.63) is 23.3 Å². The van der Waals surface area contributed by atoms with E-state index in [0.717, 1.165) is 48.3 Å². The predicted molar refractivity (Wildman–Crippen MR) is 136 cm³/mol. The molecule has 1 heterocycles. The van der Waals surface area contributed by atoms with Gasteiger partial charge >= 0.3 is 0 Å². The van der Waals surface area contributed by atoms with Gasteiger partial charge in [0.05, 0.1) is 0 Å². The lowest BCUT2D eigenvalue weighted by atomic mass is 9.85. The van der Waals surface area contributed by atoms with Gasteiger partial charge in [0.2, 0.25) is 0 Å². The molecule has 2 rings (SSSR count). The van der Waals surface area contributed by atoms with Crippen LogP contribution in [-0.2, 0) is 6.42 Å². The predicted octanol–water partition coefficient (Wildman–Crippen LogP) is 9.25. The van der Waals surface area contributed by atoms with Gasteiger partial charge in [-0.05, 0) is 75.0 Å². The molecule has 0 bridgehead atoms. The Morgan fingerprint density at radius 3 is 2.03 bits per heavy atom. The number of ether oxygens (including phenoxy) is 1. The number of phenolic OH excluding ortho intramolecular Hbond substituents is 1. The summed E-state index contributed by atoms with van der Waals surface area (Å²) < 4.78 is 6.39. The van der Waals surface area contributed by atoms with Gasteiger partial charge in [0.1, 0.15) is 17.1 Å². The Kier molecular flexibility index (Phi) is 12.6. The van der Waals surface area contributed by atoms with E-state index in [-0.39, 0.29) is 5.60 Å². The summed E-state index contributed by atoms with van der Waals surface area (Å²) in [6, 6.07) is 3.71. The molecule has 1 aliphatic heterocycles. The molecule has 31 heavy (non-hydrogen) atoms. The summed E-state index contributed by atoms with van der Waals surface area (Å²) >= 11 is 0. The number of fused-ring (bicyclic) bond motifs is 1. The summed E-state index contributed by atoms with van der Waals surface area (Å²) in [5.74, 6) is 3.92. The van der Waals surface area contributed by atoms with E-state index in [1.165, 1.54) is 56.9 Å². The van der Waals surface area contributed by atoms with Gasteiger partial charge in [0, 0.05) is 5.56 Å². The van der Waals surface area contributed by atoms with E-state index in [1.54, 1.807) is 6.07 Å². The highest BCUT2D eigenvalue weighted by molar-refractivity contribution is 5.48. The van der Waals surface area contributed by atoms with Crippen LogP contribution in [0.2, 0.25) is 0 Å². The summed E-state index contributed by atoms with van der Waals surface area (Å²) in [7, 11) is 0. The summed E-state index contributed by atoms with van der Waals surface area (Å²) in [5, 5.41) is 9.92. The highest BCUT2D eigenvalue weighted by atomic mass is 16.5. The van der Waals surface area contributed by atoms with Crippen molar-refractivity contribution in [1.82, 2.24) is 0 Å². The topological polar surface area (TPSA) is 29.5 Å². The first-order valence-electron chi connectivity index (χ1n) is 13.2. The lowest BCUT2D eigenvalue weighted by Crippen LogP contribution is -2.36. The summed E-state index contributed by atoms with van der Waals surface area (Å²) in [6.45, 7) is 17.8. The van der Waals surface area contributed by atoms with Crippen LogP contribution in [0.1, 0.15) is 124 Å². The number of phenols is 1. The molecule has 0 saturated carbocycles. The van der Waals surface area contributed by atoms with Crippen molar-refractivity contribution < 1.29 is 9.84 Å². The molecule has 0 aliphatic carbocycles. The molecular weight excluding hydrogens is 380 g/mol. The Morgan fingerprint density at radius 2 is 1.45 bits per heavy atom. The third kappa shape index (κ3) is 9.87. The van der Waals surface area contributed by atoms with Crippen molar-refractivity contribution in [2.75, 3.05) is 0 Å². The van der Waals surface area contributed by atoms with Crippen molar-refractivity contribution in [2.45, 2.75) is 132 Å². The molecule has 180 valence electrons. The van der Waals surface area contributed by atoms with Gasteiger partial charge in [-0.2, -0.15) is 0 Å². The largest absolute Gasteiger partial charge is 0.508 e. The molecule has 0 aromatic heterocycles. The van der Waals surface area contributed by atoms with Crippen LogP contribution in [0.5, 0.6) is 11.5 Å². The van der Waals surface area contributed by atoms with Gasteiger partial charge in [-0.25, -0.2) is 0 Å². The number of aromatic hydroxyl groups is 1. The van der Waals surface area contributed by atoms with Crippen molar-refractivity contribution in [1.29, 1.82) is 0 Å². The zero-order chi connectivity index (χ0) is 23.4. The van der Waals surface area contributed by atoms with Gasteiger partial charge in [0.25, 0.3) is 0 Å². The summed E-state index contributed by atoms with van der Waals surface area (Å²) in [5.41, 5.74) is 2.12. The highest BCUT2D eigenvalue weighted by Crippen LogP contribution is 2.40. The van der Waals surface area contributed by atoms with Crippen molar-refractivity contribution in [3.63, 3.8) is 0 Å². The van der Waals surface area contributed by atoms with Crippen LogP contribution >= 0.6 is 0 Å². The van der Waals surface area contributed by atoms with Crippen LogP contribution in [-0.4, -0.2) is 10.7 Å². The Labute approximate surface area is 194 Å². The second kappa shape index (κ2) is 14.1. The zero-order valence-corrected chi connectivity index (χ0v) is 22.0. The summed E-state index contributed by atoms with van der Waals surface area (Å²) in [6.07, 6.45) is 14.1. The van der Waals surface area contributed by atoms with E-state index in [1.807, 2.05) is 26.8 Å². The maximum Gasteiger partial charge on any atom is 0.123 e. The minimum absolute atomic E-state index is 0.0545. The van der Waals surface area contributed by atoms with E-state index in [9.17, 15) is 5.11 Å². The molecule has 2 heteroatoms. The average Bonchev–Trinajstić information content (AvgIpc) is 2.72. The standard InChI is InChI=1S/C27H46O2.C2H6/c1-20(2)10-7-11-21(3)12-8-13-22(4)14-9-18-27(6)19-17-24-23(5)25(28)15-16-26(24)29-27;1-2/h15-16,20-22,28H,7-14,17-19H2,1-6H3;1-2H3. The molecule has 0 saturated heterocycles. The number of hydrogen-bond donors (Lipinski definition) is 1. The first-order valence-corrected chi connectivity index (χ1v) is 13.2. The van der Waals surface area contributed by atoms with E-state index >= 15 is 0 Å². The van der Waals surface area contributed by atoms with Crippen LogP contribution in [0.15, 0.2) is 12.1 Å². The zero-order valence-electron chi connectivity index (χ0n) is 22.0. The van der Waals surface area contributed by atoms with Crippen molar-refractivity contribution in [2.24, 2.45) is 17.8 Å². The van der Waals surface area contributed by atoms with Gasteiger partial charge in [-0.3, -0.25) is 0 Å². The number of rotatable bonds is 12. The van der Waals surface area contributed by atoms with Crippen LogP contribution in [0.3, 0.4) is 0 Å². The molecule has 1 aromatic rings. The monoisotopic (exact) mass is 432 g/mol. The lowest BCUT2D eigenvalue weighted by molar-refractivity contribution is 0.0521. The van der Waals surface area contributed by atoms with Crippen molar-refractivity contribution in [3.8, 4) is 11.5 Å². The van der Waals surface area contributed by atoms with E-state index < -0.39 is 0 Å². The smallest absolute Gasteiger partial charge is 0.123 e. The molecular formula is C29H52O2. The minimum Gasteiger partial charge on any atom is -0.508 e. The molecule has 1 N–H and O–H groups in total. The molecule has 2 nitrogen and oxygen atoms in total. The van der Waals surface area contributed by atoms with E-state index in [2.05, 4.69) is 34.6 Å². The average molecular weight is 433 g/mol. The Morgan fingerprint density at radius 1 is 0.903 bits per heavy atom. The Balaban J connectivity index is 0.00000233. The first kappa shape index (κ1) is 27.9.